The van der Waals surface area contributed by atoms with Crippen molar-refractivity contribution in [1.82, 2.24) is 13.9 Å². The molecule has 1 rings (SSSR count). The zero-order valence-corrected chi connectivity index (χ0v) is 12.3. The highest BCUT2D eigenvalue weighted by Gasteiger charge is 2.28. The maximum absolute atomic E-state index is 11.8. The van der Waals surface area contributed by atoms with Crippen LogP contribution in [0.1, 0.15) is 6.42 Å². The molecule has 1 heterocycles. The number of carbonyl (C=O) groups is 2. The van der Waals surface area contributed by atoms with Gasteiger partial charge in [0.05, 0.1) is 20.6 Å². The quantitative estimate of drug-likeness (QED) is 0.634. The monoisotopic (exact) mass is 309 g/mol. The van der Waals surface area contributed by atoms with Gasteiger partial charge in [-0.05, 0) is 0 Å². The smallest absolute Gasteiger partial charge is 0.421 e. The first-order valence-electron chi connectivity index (χ1n) is 6.04. The molecule has 9 nitrogen and oxygen atoms in total. The lowest BCUT2D eigenvalue weighted by molar-refractivity contribution is -0.141. The summed E-state index contributed by atoms with van der Waals surface area (Å²) in [5.74, 6) is -0.299. The number of methoxy groups -OCH3 is 2. The van der Waals surface area contributed by atoms with Gasteiger partial charge in [0.2, 0.25) is 0 Å². The average Bonchev–Trinajstić information content (AvgIpc) is 2.44. The summed E-state index contributed by atoms with van der Waals surface area (Å²) in [4.78, 5) is 23.9. The van der Waals surface area contributed by atoms with E-state index in [4.69, 9.17) is 0 Å². The van der Waals surface area contributed by atoms with E-state index in [0.717, 1.165) is 7.11 Å². The summed E-state index contributed by atoms with van der Waals surface area (Å²) in [5, 5.41) is 0. The first kappa shape index (κ1) is 16.7. The molecule has 0 aromatic rings. The predicted molar refractivity (Wildman–Crippen MR) is 69.1 cm³/mol. The molecule has 0 aliphatic carbocycles. The van der Waals surface area contributed by atoms with Crippen molar-refractivity contribution >= 4 is 22.3 Å². The van der Waals surface area contributed by atoms with Crippen LogP contribution in [-0.2, 0) is 24.5 Å². The molecule has 1 aliphatic rings. The van der Waals surface area contributed by atoms with Gasteiger partial charge in [0.25, 0.3) is 0 Å². The molecule has 1 N–H and O–H groups in total. The van der Waals surface area contributed by atoms with Crippen LogP contribution in [0.3, 0.4) is 0 Å². The number of nitrogens with one attached hydrogen (secondary N) is 1. The number of piperazine rings is 1. The summed E-state index contributed by atoms with van der Waals surface area (Å²) in [6, 6.07) is 0. The van der Waals surface area contributed by atoms with Crippen LogP contribution < -0.4 is 4.72 Å². The second kappa shape index (κ2) is 7.41. The van der Waals surface area contributed by atoms with E-state index in [1.54, 1.807) is 4.72 Å². The summed E-state index contributed by atoms with van der Waals surface area (Å²) >= 11 is 0. The molecule has 1 saturated heterocycles. The fraction of sp³-hybridized carbons (Fsp3) is 0.800. The van der Waals surface area contributed by atoms with E-state index >= 15 is 0 Å². The molecular formula is C10H19N3O6S. The molecule has 10 heteroatoms. The maximum atomic E-state index is 11.8. The van der Waals surface area contributed by atoms with Gasteiger partial charge >= 0.3 is 22.3 Å². The second-order valence-electron chi connectivity index (χ2n) is 4.17. The predicted octanol–water partition coefficient (Wildman–Crippen LogP) is -1.23. The number of hydrogen-bond donors (Lipinski definition) is 1. The highest BCUT2D eigenvalue weighted by atomic mass is 32.2. The molecule has 0 unspecified atom stereocenters. The lowest BCUT2D eigenvalue weighted by Gasteiger charge is -2.33. The second-order valence-corrected chi connectivity index (χ2v) is 5.84. The Morgan fingerprint density at radius 3 is 2.20 bits per heavy atom. The number of esters is 1. The zero-order chi connectivity index (χ0) is 15.2. The van der Waals surface area contributed by atoms with Crippen molar-refractivity contribution in [3.63, 3.8) is 0 Å². The third kappa shape index (κ3) is 4.94. The lowest BCUT2D eigenvalue weighted by atomic mass is 10.3. The van der Waals surface area contributed by atoms with Crippen LogP contribution in [0.15, 0.2) is 0 Å². The Bertz CT molecular complexity index is 444. The van der Waals surface area contributed by atoms with Crippen LogP contribution in [0, 0.1) is 0 Å². The summed E-state index contributed by atoms with van der Waals surface area (Å²) in [6.45, 7) is 1.98. The van der Waals surface area contributed by atoms with Crippen molar-refractivity contribution in [2.75, 3.05) is 46.9 Å². The molecule has 1 fully saturated rings. The summed E-state index contributed by atoms with van der Waals surface area (Å²) in [5.41, 5.74) is 0. The van der Waals surface area contributed by atoms with Crippen LogP contribution in [0.5, 0.6) is 0 Å². The van der Waals surface area contributed by atoms with Gasteiger partial charge in [-0.15, -0.1) is 0 Å². The average molecular weight is 309 g/mol. The fourth-order valence-electron chi connectivity index (χ4n) is 1.76. The van der Waals surface area contributed by atoms with Crippen molar-refractivity contribution in [2.24, 2.45) is 0 Å². The first-order chi connectivity index (χ1) is 9.39. The molecule has 0 spiro atoms. The highest BCUT2D eigenvalue weighted by molar-refractivity contribution is 7.87. The van der Waals surface area contributed by atoms with Gasteiger partial charge in [-0.2, -0.15) is 12.7 Å². The molecule has 1 amide bonds. The Balaban J connectivity index is 2.41. The summed E-state index contributed by atoms with van der Waals surface area (Å²) in [7, 11) is -1.45. The van der Waals surface area contributed by atoms with E-state index in [-0.39, 0.29) is 25.5 Å². The van der Waals surface area contributed by atoms with Crippen LogP contribution in [-0.4, -0.2) is 76.6 Å². The van der Waals surface area contributed by atoms with E-state index in [9.17, 15) is 18.0 Å². The minimum Gasteiger partial charge on any atom is -0.469 e. The SMILES string of the molecule is COC(=O)CCN1CCN(S(=O)(=O)NC(=O)OC)CC1. The number of ether oxygens (including phenoxy) is 2. The van der Waals surface area contributed by atoms with Crippen molar-refractivity contribution in [2.45, 2.75) is 6.42 Å². The minimum atomic E-state index is -3.86. The zero-order valence-electron chi connectivity index (χ0n) is 11.5. The summed E-state index contributed by atoms with van der Waals surface area (Å²) in [6.07, 6.45) is -0.748. The van der Waals surface area contributed by atoms with E-state index < -0.39 is 16.3 Å². The van der Waals surface area contributed by atoms with E-state index in [0.29, 0.717) is 19.6 Å². The molecule has 1 aliphatic heterocycles. The third-order valence-corrected chi connectivity index (χ3v) is 4.40. The van der Waals surface area contributed by atoms with Crippen molar-refractivity contribution in [3.05, 3.63) is 0 Å². The standard InChI is InChI=1S/C10H19N3O6S/c1-18-9(14)3-4-12-5-7-13(8-6-12)20(16,17)11-10(15)19-2/h3-8H2,1-2H3,(H,11,15). The Morgan fingerprint density at radius 2 is 1.70 bits per heavy atom. The Labute approximate surface area is 118 Å². The maximum Gasteiger partial charge on any atom is 0.421 e. The van der Waals surface area contributed by atoms with E-state index in [1.165, 1.54) is 11.4 Å². The van der Waals surface area contributed by atoms with Gasteiger partial charge in [-0.25, -0.2) is 9.52 Å². The van der Waals surface area contributed by atoms with Crippen LogP contribution in [0.2, 0.25) is 0 Å². The van der Waals surface area contributed by atoms with E-state index in [2.05, 4.69) is 9.47 Å². The van der Waals surface area contributed by atoms with Crippen LogP contribution >= 0.6 is 0 Å². The normalized spacial score (nSPS) is 17.5. The van der Waals surface area contributed by atoms with Gasteiger partial charge in [-0.1, -0.05) is 0 Å². The van der Waals surface area contributed by atoms with Crippen molar-refractivity contribution in [3.8, 4) is 0 Å². The topological polar surface area (TPSA) is 105 Å². The van der Waals surface area contributed by atoms with Gasteiger partial charge in [-0.3, -0.25) is 4.79 Å². The molecule has 0 aromatic heterocycles. The molecule has 0 atom stereocenters. The Kier molecular flexibility index (Phi) is 6.17. The molecular weight excluding hydrogens is 290 g/mol. The number of nitrogens with zero attached hydrogens (tertiary/aromatic N) is 2. The van der Waals surface area contributed by atoms with Crippen LogP contribution in [0.25, 0.3) is 0 Å². The molecule has 116 valence electrons. The molecule has 0 saturated carbocycles. The van der Waals surface area contributed by atoms with Crippen molar-refractivity contribution < 1.29 is 27.5 Å². The Morgan fingerprint density at radius 1 is 1.10 bits per heavy atom. The number of amides is 1. The van der Waals surface area contributed by atoms with Crippen LogP contribution in [0.4, 0.5) is 4.79 Å². The largest absolute Gasteiger partial charge is 0.469 e. The fourth-order valence-corrected chi connectivity index (χ4v) is 2.82. The van der Waals surface area contributed by atoms with E-state index in [1.807, 2.05) is 4.90 Å². The minimum absolute atomic E-state index is 0.244. The van der Waals surface area contributed by atoms with Gasteiger partial charge in [0, 0.05) is 32.7 Å². The molecule has 20 heavy (non-hydrogen) atoms. The first-order valence-corrected chi connectivity index (χ1v) is 7.48. The summed E-state index contributed by atoms with van der Waals surface area (Å²) < 4.78 is 35.3. The molecule has 0 aromatic carbocycles. The van der Waals surface area contributed by atoms with Gasteiger partial charge < -0.3 is 14.4 Å². The third-order valence-electron chi connectivity index (χ3n) is 2.93. The Hall–Kier alpha value is -1.39. The van der Waals surface area contributed by atoms with Gasteiger partial charge in [0.1, 0.15) is 0 Å². The molecule has 0 bridgehead atoms. The number of rotatable bonds is 5. The van der Waals surface area contributed by atoms with Gasteiger partial charge in [0.15, 0.2) is 0 Å². The lowest BCUT2D eigenvalue weighted by Crippen LogP contribution is -2.53. The molecule has 0 radical (unpaired) electrons. The number of hydrogen-bond acceptors (Lipinski definition) is 7. The van der Waals surface area contributed by atoms with Crippen molar-refractivity contribution in [1.29, 1.82) is 0 Å². The highest BCUT2D eigenvalue weighted by Crippen LogP contribution is 2.07. The number of carbonyl (C=O) groups excluding carboxylic acids is 2.